The topological polar surface area (TPSA) is 92.5 Å². The number of carboxylic acids is 1. The molecule has 20 heavy (non-hydrogen) atoms. The summed E-state index contributed by atoms with van der Waals surface area (Å²) in [5, 5.41) is 23.1. The van der Waals surface area contributed by atoms with Crippen LogP contribution in [-0.2, 0) is 0 Å². The highest BCUT2D eigenvalue weighted by Gasteiger charge is 2.21. The van der Waals surface area contributed by atoms with Crippen LogP contribution in [0.1, 0.15) is 42.5 Å². The second kappa shape index (κ2) is 6.36. The van der Waals surface area contributed by atoms with Gasteiger partial charge in [-0.25, -0.2) is 4.79 Å². The van der Waals surface area contributed by atoms with E-state index in [1.165, 1.54) is 43.9 Å². The highest BCUT2D eigenvalue weighted by Crippen LogP contribution is 2.30. The van der Waals surface area contributed by atoms with Crippen LogP contribution >= 0.6 is 0 Å². The maximum Gasteiger partial charge on any atom is 0.338 e. The first-order chi connectivity index (χ1) is 9.59. The molecule has 2 N–H and O–H groups in total. The minimum absolute atomic E-state index is 0.0504. The van der Waals surface area contributed by atoms with E-state index in [0.29, 0.717) is 12.5 Å². The maximum atomic E-state index is 11.2. The first kappa shape index (κ1) is 14.3. The average molecular weight is 278 g/mol. The minimum atomic E-state index is -1.16. The molecule has 0 radical (unpaired) electrons. The van der Waals surface area contributed by atoms with Gasteiger partial charge in [-0.1, -0.05) is 31.7 Å². The zero-order valence-corrected chi connectivity index (χ0v) is 11.2. The maximum absolute atomic E-state index is 11.2. The molecule has 6 nitrogen and oxygen atoms in total. The Morgan fingerprint density at radius 1 is 1.40 bits per heavy atom. The predicted octanol–water partition coefficient (Wildman–Crippen LogP) is 3.29. The van der Waals surface area contributed by atoms with Crippen molar-refractivity contribution in [3.05, 3.63) is 33.9 Å². The van der Waals surface area contributed by atoms with Crippen molar-refractivity contribution in [3.63, 3.8) is 0 Å². The summed E-state index contributed by atoms with van der Waals surface area (Å²) in [6.45, 7) is 0.565. The van der Waals surface area contributed by atoms with Crippen LogP contribution in [0.25, 0.3) is 0 Å². The summed E-state index contributed by atoms with van der Waals surface area (Å²) in [4.78, 5) is 21.6. The predicted molar refractivity (Wildman–Crippen MR) is 75.1 cm³/mol. The highest BCUT2D eigenvalue weighted by atomic mass is 16.6. The molecule has 0 spiro atoms. The lowest BCUT2D eigenvalue weighted by Gasteiger charge is -2.12. The summed E-state index contributed by atoms with van der Waals surface area (Å²) >= 11 is 0. The van der Waals surface area contributed by atoms with Crippen LogP contribution in [0, 0.1) is 16.0 Å². The molecule has 0 aliphatic heterocycles. The summed E-state index contributed by atoms with van der Waals surface area (Å²) < 4.78 is 0. The smallest absolute Gasteiger partial charge is 0.338 e. The summed E-state index contributed by atoms with van der Waals surface area (Å²) in [6.07, 6.45) is 5.81. The van der Waals surface area contributed by atoms with E-state index in [4.69, 9.17) is 5.11 Å². The first-order valence-electron chi connectivity index (χ1n) is 6.84. The van der Waals surface area contributed by atoms with Crippen LogP contribution in [0.5, 0.6) is 0 Å². The third kappa shape index (κ3) is 3.26. The van der Waals surface area contributed by atoms with Crippen molar-refractivity contribution in [2.24, 2.45) is 5.92 Å². The average Bonchev–Trinajstić information content (AvgIpc) is 2.91. The van der Waals surface area contributed by atoms with Gasteiger partial charge in [0, 0.05) is 12.6 Å². The Morgan fingerprint density at radius 3 is 2.70 bits per heavy atom. The van der Waals surface area contributed by atoms with E-state index in [0.717, 1.165) is 6.42 Å². The number of benzene rings is 1. The van der Waals surface area contributed by atoms with Crippen molar-refractivity contribution >= 4 is 17.3 Å². The number of hydrogen-bond donors (Lipinski definition) is 2. The van der Waals surface area contributed by atoms with Crippen molar-refractivity contribution in [2.45, 2.75) is 32.1 Å². The van der Waals surface area contributed by atoms with Crippen molar-refractivity contribution in [1.82, 2.24) is 0 Å². The van der Waals surface area contributed by atoms with Gasteiger partial charge in [0.1, 0.15) is 5.69 Å². The number of carbonyl (C=O) groups is 1. The summed E-state index contributed by atoms with van der Waals surface area (Å²) in [5.74, 6) is -0.504. The first-order valence-corrected chi connectivity index (χ1v) is 6.84. The van der Waals surface area contributed by atoms with Crippen molar-refractivity contribution in [2.75, 3.05) is 11.9 Å². The van der Waals surface area contributed by atoms with Crippen LogP contribution in [0.2, 0.25) is 0 Å². The number of nitrogens with zero attached hydrogens (tertiary/aromatic N) is 1. The van der Waals surface area contributed by atoms with E-state index in [1.54, 1.807) is 0 Å². The van der Waals surface area contributed by atoms with Gasteiger partial charge in [0.25, 0.3) is 5.69 Å². The Balaban J connectivity index is 2.10. The number of aromatic carboxylic acids is 1. The molecular weight excluding hydrogens is 260 g/mol. The van der Waals surface area contributed by atoms with Gasteiger partial charge in [0.05, 0.1) is 10.5 Å². The molecule has 0 bridgehead atoms. The molecule has 2 rings (SSSR count). The van der Waals surface area contributed by atoms with Crippen LogP contribution in [0.4, 0.5) is 11.4 Å². The fourth-order valence-electron chi connectivity index (χ4n) is 2.76. The molecule has 1 aliphatic rings. The molecule has 0 heterocycles. The third-order valence-electron chi connectivity index (χ3n) is 3.80. The van der Waals surface area contributed by atoms with E-state index in [2.05, 4.69) is 5.32 Å². The Morgan fingerprint density at radius 2 is 2.10 bits per heavy atom. The largest absolute Gasteiger partial charge is 0.478 e. The molecule has 1 fully saturated rings. The van der Waals surface area contributed by atoms with Crippen LogP contribution in [0.15, 0.2) is 18.2 Å². The van der Waals surface area contributed by atoms with Crippen molar-refractivity contribution in [1.29, 1.82) is 0 Å². The molecule has 1 aromatic rings. The van der Waals surface area contributed by atoms with E-state index >= 15 is 0 Å². The van der Waals surface area contributed by atoms with Gasteiger partial charge >= 0.3 is 5.97 Å². The number of rotatable bonds is 6. The van der Waals surface area contributed by atoms with Crippen LogP contribution < -0.4 is 5.32 Å². The molecule has 0 atom stereocenters. The van der Waals surface area contributed by atoms with E-state index in [9.17, 15) is 14.9 Å². The molecule has 6 heteroatoms. The molecule has 1 aromatic carbocycles. The van der Waals surface area contributed by atoms with Crippen molar-refractivity contribution < 1.29 is 14.8 Å². The molecule has 1 aliphatic carbocycles. The zero-order valence-electron chi connectivity index (χ0n) is 11.2. The van der Waals surface area contributed by atoms with Crippen LogP contribution in [0.3, 0.4) is 0 Å². The number of nitro benzene ring substituents is 1. The minimum Gasteiger partial charge on any atom is -0.478 e. The molecule has 0 unspecified atom stereocenters. The lowest BCUT2D eigenvalue weighted by molar-refractivity contribution is -0.384. The lowest BCUT2D eigenvalue weighted by Crippen LogP contribution is -2.12. The van der Waals surface area contributed by atoms with E-state index in [-0.39, 0.29) is 16.9 Å². The SMILES string of the molecule is O=C(O)c1cccc([N+](=O)[O-])c1NCCC1CCCC1. The monoisotopic (exact) mass is 278 g/mol. The summed E-state index contributed by atoms with van der Waals surface area (Å²) in [6, 6.07) is 4.10. The number of anilines is 1. The number of nitro groups is 1. The van der Waals surface area contributed by atoms with Gasteiger partial charge in [0.15, 0.2) is 0 Å². The fraction of sp³-hybridized carbons (Fsp3) is 0.500. The number of hydrogen-bond acceptors (Lipinski definition) is 4. The number of carboxylic acid groups (broad SMARTS) is 1. The second-order valence-corrected chi connectivity index (χ2v) is 5.13. The van der Waals surface area contributed by atoms with Gasteiger partial charge in [-0.2, -0.15) is 0 Å². The van der Waals surface area contributed by atoms with Gasteiger partial charge in [-0.3, -0.25) is 10.1 Å². The fourth-order valence-corrected chi connectivity index (χ4v) is 2.76. The molecule has 0 aromatic heterocycles. The molecule has 0 saturated heterocycles. The zero-order chi connectivity index (χ0) is 14.5. The van der Waals surface area contributed by atoms with Gasteiger partial charge in [-0.15, -0.1) is 0 Å². The molecule has 0 amide bonds. The third-order valence-corrected chi connectivity index (χ3v) is 3.80. The Hall–Kier alpha value is -2.11. The standard InChI is InChI=1S/C14H18N2O4/c17-14(18)11-6-3-7-12(16(19)20)13(11)15-9-8-10-4-1-2-5-10/h3,6-7,10,15H,1-2,4-5,8-9H2,(H,17,18). The molecule has 108 valence electrons. The normalized spacial score (nSPS) is 15.2. The van der Waals surface area contributed by atoms with Gasteiger partial charge < -0.3 is 10.4 Å². The van der Waals surface area contributed by atoms with Gasteiger partial charge in [0.2, 0.25) is 0 Å². The lowest BCUT2D eigenvalue weighted by atomic mass is 10.0. The van der Waals surface area contributed by atoms with Gasteiger partial charge in [-0.05, 0) is 18.4 Å². The summed E-state index contributed by atoms with van der Waals surface area (Å²) in [7, 11) is 0. The second-order valence-electron chi connectivity index (χ2n) is 5.13. The van der Waals surface area contributed by atoms with Crippen LogP contribution in [-0.4, -0.2) is 22.5 Å². The Labute approximate surface area is 117 Å². The van der Waals surface area contributed by atoms with Crippen molar-refractivity contribution in [3.8, 4) is 0 Å². The Kier molecular flexibility index (Phi) is 4.55. The number of nitrogens with one attached hydrogen (secondary N) is 1. The number of para-hydroxylation sites is 1. The quantitative estimate of drug-likeness (QED) is 0.615. The van der Waals surface area contributed by atoms with E-state index in [1.807, 2.05) is 0 Å². The Bertz CT molecular complexity index is 478. The van der Waals surface area contributed by atoms with E-state index < -0.39 is 10.9 Å². The highest BCUT2D eigenvalue weighted by molar-refractivity contribution is 5.96. The summed E-state index contributed by atoms with van der Waals surface area (Å²) in [5.41, 5.74) is -0.120. The molecular formula is C14H18N2O4. The molecule has 1 saturated carbocycles.